The number of hydrogen-bond donors (Lipinski definition) is 1. The maximum atomic E-state index is 13.6. The van der Waals surface area contributed by atoms with Gasteiger partial charge in [-0.25, -0.2) is 13.3 Å². The summed E-state index contributed by atoms with van der Waals surface area (Å²) in [5, 5.41) is 0. The lowest BCUT2D eigenvalue weighted by Gasteiger charge is -2.24. The van der Waals surface area contributed by atoms with Crippen LogP contribution in [0.4, 0.5) is 17.6 Å². The first-order valence-electron chi connectivity index (χ1n) is 6.97. The van der Waals surface area contributed by atoms with Crippen LogP contribution in [0.5, 0.6) is 0 Å². The van der Waals surface area contributed by atoms with Crippen LogP contribution in [-0.4, -0.2) is 22.0 Å². The molecule has 0 spiro atoms. The second-order valence-electron chi connectivity index (χ2n) is 6.10. The molecule has 1 N–H and O–H groups in total. The Kier molecular flexibility index (Phi) is 6.52. The van der Waals surface area contributed by atoms with E-state index in [4.69, 9.17) is 0 Å². The molecule has 0 radical (unpaired) electrons. The van der Waals surface area contributed by atoms with Gasteiger partial charge in [0.25, 0.3) is 0 Å². The van der Waals surface area contributed by atoms with Crippen LogP contribution in [0.2, 0.25) is 0 Å². The van der Waals surface area contributed by atoms with E-state index in [0.29, 0.717) is 6.07 Å². The average molecular weight is 369 g/mol. The van der Waals surface area contributed by atoms with Gasteiger partial charge >= 0.3 is 12.1 Å². The van der Waals surface area contributed by atoms with Crippen molar-refractivity contribution in [1.82, 2.24) is 4.72 Å². The predicted molar refractivity (Wildman–Crippen MR) is 81.8 cm³/mol. The van der Waals surface area contributed by atoms with Crippen LogP contribution in [0.1, 0.15) is 44.4 Å². The fourth-order valence-corrected chi connectivity index (χ4v) is 2.59. The lowest BCUT2D eigenvalue weighted by molar-refractivity contribution is -0.141. The molecule has 2 atom stereocenters. The van der Waals surface area contributed by atoms with Crippen LogP contribution < -0.4 is 4.72 Å². The molecule has 0 heterocycles. The van der Waals surface area contributed by atoms with Gasteiger partial charge in [-0.3, -0.25) is 4.79 Å². The van der Waals surface area contributed by atoms with Gasteiger partial charge in [0.15, 0.2) is 0 Å². The van der Waals surface area contributed by atoms with Gasteiger partial charge in [-0.05, 0) is 44.5 Å². The van der Waals surface area contributed by atoms with Crippen molar-refractivity contribution in [2.75, 3.05) is 7.11 Å². The number of carbonyl (C=O) groups excluding carboxylic acids is 1. The van der Waals surface area contributed by atoms with Gasteiger partial charge in [-0.2, -0.15) is 13.2 Å². The van der Waals surface area contributed by atoms with E-state index in [0.717, 1.165) is 19.2 Å². The largest absolute Gasteiger partial charge is 0.469 e. The normalized spacial score (nSPS) is 15.0. The third-order valence-electron chi connectivity index (χ3n) is 3.05. The van der Waals surface area contributed by atoms with E-state index in [2.05, 4.69) is 9.46 Å². The molecular weight excluding hydrogens is 350 g/mol. The Morgan fingerprint density at radius 2 is 1.83 bits per heavy atom. The van der Waals surface area contributed by atoms with E-state index in [1.165, 1.54) is 0 Å². The zero-order chi connectivity index (χ0) is 18.7. The summed E-state index contributed by atoms with van der Waals surface area (Å²) in [4.78, 5) is 11.5. The monoisotopic (exact) mass is 369 g/mol. The third kappa shape index (κ3) is 5.86. The first-order chi connectivity index (χ1) is 10.8. The summed E-state index contributed by atoms with van der Waals surface area (Å²) in [6, 6.07) is 0.868. The fourth-order valence-electron chi connectivity index (χ4n) is 1.76. The Bertz CT molecular complexity index is 626. The molecular formula is C15H19F4NO3S. The summed E-state index contributed by atoms with van der Waals surface area (Å²) in [6.07, 6.45) is -5.13. The average Bonchev–Trinajstić information content (AvgIpc) is 2.43. The number of halogens is 4. The third-order valence-corrected chi connectivity index (χ3v) is 4.66. The smallest absolute Gasteiger partial charge is 0.416 e. The van der Waals surface area contributed by atoms with Crippen LogP contribution in [0.15, 0.2) is 18.2 Å². The summed E-state index contributed by atoms with van der Waals surface area (Å²) >= 11 is 0. The SMILES string of the molecule is COC(=O)C[C@H](N[S@](=O)C(C)(C)C)c1cc(F)cc(C(F)(F)F)c1. The molecule has 0 saturated carbocycles. The molecule has 0 amide bonds. The van der Waals surface area contributed by atoms with E-state index in [9.17, 15) is 26.6 Å². The molecule has 136 valence electrons. The summed E-state index contributed by atoms with van der Waals surface area (Å²) in [5.41, 5.74) is -1.32. The standard InChI is InChI=1S/C15H19F4NO3S/c1-14(2,3)24(22)20-12(8-13(21)23-4)9-5-10(15(17,18)19)7-11(16)6-9/h5-7,12,20H,8H2,1-4H3/t12-,24+/m0/s1. The number of carbonyl (C=O) groups is 1. The quantitative estimate of drug-likeness (QED) is 0.638. The lowest BCUT2D eigenvalue weighted by Crippen LogP contribution is -2.36. The molecule has 24 heavy (non-hydrogen) atoms. The predicted octanol–water partition coefficient (Wildman–Crippen LogP) is 3.50. The first kappa shape index (κ1) is 20.6. The topological polar surface area (TPSA) is 55.4 Å². The second kappa shape index (κ2) is 7.60. The molecule has 1 aromatic rings. The number of rotatable bonds is 5. The maximum Gasteiger partial charge on any atom is 0.416 e. The Balaban J connectivity index is 3.26. The van der Waals surface area contributed by atoms with Crippen LogP contribution in [0.3, 0.4) is 0 Å². The molecule has 0 bridgehead atoms. The van der Waals surface area contributed by atoms with E-state index < -0.39 is 45.3 Å². The molecule has 1 aromatic carbocycles. The molecule has 0 aromatic heterocycles. The number of alkyl halides is 3. The van der Waals surface area contributed by atoms with Gasteiger partial charge in [0, 0.05) is 0 Å². The minimum Gasteiger partial charge on any atom is -0.469 e. The van der Waals surface area contributed by atoms with Crippen molar-refractivity contribution in [2.24, 2.45) is 0 Å². The van der Waals surface area contributed by atoms with Crippen LogP contribution >= 0.6 is 0 Å². The number of hydrogen-bond acceptors (Lipinski definition) is 3. The Hall–Kier alpha value is -1.48. The molecule has 0 unspecified atom stereocenters. The van der Waals surface area contributed by atoms with Crippen molar-refractivity contribution in [2.45, 2.75) is 44.2 Å². The van der Waals surface area contributed by atoms with Gasteiger partial charge < -0.3 is 4.74 Å². The Labute approximate surface area is 140 Å². The minimum atomic E-state index is -4.74. The van der Waals surface area contributed by atoms with Gasteiger partial charge in [0.1, 0.15) is 5.82 Å². The fraction of sp³-hybridized carbons (Fsp3) is 0.533. The summed E-state index contributed by atoms with van der Waals surface area (Å²) < 4.78 is 70.7. The van der Waals surface area contributed by atoms with E-state index in [-0.39, 0.29) is 12.0 Å². The van der Waals surface area contributed by atoms with Crippen molar-refractivity contribution in [3.05, 3.63) is 35.1 Å². The van der Waals surface area contributed by atoms with Crippen molar-refractivity contribution in [1.29, 1.82) is 0 Å². The highest BCUT2D eigenvalue weighted by molar-refractivity contribution is 7.84. The molecule has 0 aliphatic heterocycles. The summed E-state index contributed by atoms with van der Waals surface area (Å²) in [5.74, 6) is -1.82. The maximum absolute atomic E-state index is 13.6. The van der Waals surface area contributed by atoms with Crippen molar-refractivity contribution in [3.63, 3.8) is 0 Å². The van der Waals surface area contributed by atoms with Gasteiger partial charge in [-0.15, -0.1) is 0 Å². The number of benzene rings is 1. The minimum absolute atomic E-state index is 0.134. The molecule has 0 saturated heterocycles. The highest BCUT2D eigenvalue weighted by Crippen LogP contribution is 2.32. The van der Waals surface area contributed by atoms with Crippen LogP contribution in [0.25, 0.3) is 0 Å². The van der Waals surface area contributed by atoms with Gasteiger partial charge in [0.2, 0.25) is 0 Å². The molecule has 0 aliphatic carbocycles. The zero-order valence-corrected chi connectivity index (χ0v) is 14.5. The van der Waals surface area contributed by atoms with Crippen molar-refractivity contribution < 1.29 is 31.3 Å². The number of ether oxygens (including phenoxy) is 1. The Morgan fingerprint density at radius 1 is 1.25 bits per heavy atom. The first-order valence-corrected chi connectivity index (χ1v) is 8.12. The molecule has 9 heteroatoms. The van der Waals surface area contributed by atoms with Crippen molar-refractivity contribution >= 4 is 17.0 Å². The lowest BCUT2D eigenvalue weighted by atomic mass is 10.0. The number of nitrogens with one attached hydrogen (secondary N) is 1. The van der Waals surface area contributed by atoms with E-state index >= 15 is 0 Å². The Morgan fingerprint density at radius 3 is 2.29 bits per heavy atom. The highest BCUT2D eigenvalue weighted by atomic mass is 32.2. The number of methoxy groups -OCH3 is 1. The van der Waals surface area contributed by atoms with Crippen LogP contribution in [-0.2, 0) is 26.7 Å². The van der Waals surface area contributed by atoms with Crippen LogP contribution in [0, 0.1) is 5.82 Å². The number of esters is 1. The zero-order valence-electron chi connectivity index (χ0n) is 13.7. The van der Waals surface area contributed by atoms with E-state index in [1.54, 1.807) is 20.8 Å². The van der Waals surface area contributed by atoms with E-state index in [1.807, 2.05) is 0 Å². The summed E-state index contributed by atoms with van der Waals surface area (Å²) in [7, 11) is -0.564. The molecule has 1 rings (SSSR count). The van der Waals surface area contributed by atoms with Gasteiger partial charge in [-0.1, -0.05) is 0 Å². The second-order valence-corrected chi connectivity index (χ2v) is 8.10. The molecule has 4 nitrogen and oxygen atoms in total. The van der Waals surface area contributed by atoms with Crippen molar-refractivity contribution in [3.8, 4) is 0 Å². The molecule has 0 fully saturated rings. The van der Waals surface area contributed by atoms with Gasteiger partial charge in [0.05, 0.1) is 40.9 Å². The highest BCUT2D eigenvalue weighted by Gasteiger charge is 2.33. The summed E-state index contributed by atoms with van der Waals surface area (Å²) in [6.45, 7) is 4.95. The molecule has 0 aliphatic rings.